The van der Waals surface area contributed by atoms with Crippen molar-refractivity contribution < 1.29 is 14.7 Å². The molecule has 0 saturated heterocycles. The predicted molar refractivity (Wildman–Crippen MR) is 132 cm³/mol. The molecule has 3 amide bonds. The van der Waals surface area contributed by atoms with Crippen LogP contribution in [0.5, 0.6) is 0 Å². The van der Waals surface area contributed by atoms with Gasteiger partial charge in [-0.1, -0.05) is 49.7 Å². The molecule has 0 saturated carbocycles. The molecule has 9 heteroatoms. The molecule has 0 fully saturated rings. The Labute approximate surface area is 203 Å². The largest absolute Gasteiger partial charge is 0.391 e. The van der Waals surface area contributed by atoms with Crippen LogP contribution in [0.2, 0.25) is 5.02 Å². The number of fused-ring (bicyclic) bond motifs is 1. The molecular weight excluding hydrogens is 454 g/mol. The highest BCUT2D eigenvalue weighted by molar-refractivity contribution is 6.30. The highest BCUT2D eigenvalue weighted by Crippen LogP contribution is 2.42. The summed E-state index contributed by atoms with van der Waals surface area (Å²) >= 11 is 6.25. The Morgan fingerprint density at radius 3 is 2.56 bits per heavy atom. The number of rotatable bonds is 4. The Kier molecular flexibility index (Phi) is 6.38. The van der Waals surface area contributed by atoms with E-state index in [0.717, 1.165) is 11.1 Å². The third-order valence-corrected chi connectivity index (χ3v) is 6.50. The smallest absolute Gasteiger partial charge is 0.320 e. The van der Waals surface area contributed by atoms with E-state index in [1.54, 1.807) is 13.0 Å². The van der Waals surface area contributed by atoms with Crippen molar-refractivity contribution in [2.75, 3.05) is 12.4 Å². The SMILES string of the molecule is CNC(=O)c1nn(-c2ccccc2)c(NC(=O)NC2c3cc(Cl)ccc3C(C)(C)C[C@H]2O)c1C. The summed E-state index contributed by atoms with van der Waals surface area (Å²) in [6, 6.07) is 13.6. The van der Waals surface area contributed by atoms with Crippen molar-refractivity contribution in [2.24, 2.45) is 0 Å². The van der Waals surface area contributed by atoms with Crippen LogP contribution < -0.4 is 16.0 Å². The number of hydrogen-bond donors (Lipinski definition) is 4. The van der Waals surface area contributed by atoms with Crippen LogP contribution in [0.4, 0.5) is 10.6 Å². The minimum Gasteiger partial charge on any atom is -0.391 e. The maximum atomic E-state index is 13.2. The van der Waals surface area contributed by atoms with Gasteiger partial charge in [-0.3, -0.25) is 10.1 Å². The number of carbonyl (C=O) groups is 2. The summed E-state index contributed by atoms with van der Waals surface area (Å²) in [6.45, 7) is 5.84. The van der Waals surface area contributed by atoms with Gasteiger partial charge in [0.1, 0.15) is 5.82 Å². The summed E-state index contributed by atoms with van der Waals surface area (Å²) < 4.78 is 1.52. The Hall–Kier alpha value is -3.36. The minimum atomic E-state index is -0.798. The van der Waals surface area contributed by atoms with Gasteiger partial charge in [-0.25, -0.2) is 9.48 Å². The maximum absolute atomic E-state index is 13.2. The van der Waals surface area contributed by atoms with Gasteiger partial charge in [-0.05, 0) is 54.2 Å². The zero-order chi connectivity index (χ0) is 24.6. The molecule has 1 aliphatic carbocycles. The number of halogens is 1. The van der Waals surface area contributed by atoms with Gasteiger partial charge in [0.25, 0.3) is 5.91 Å². The molecule has 0 spiro atoms. The van der Waals surface area contributed by atoms with E-state index in [0.29, 0.717) is 28.5 Å². The van der Waals surface area contributed by atoms with Crippen molar-refractivity contribution in [3.05, 3.63) is 75.9 Å². The fourth-order valence-electron chi connectivity index (χ4n) is 4.56. The van der Waals surface area contributed by atoms with Gasteiger partial charge >= 0.3 is 6.03 Å². The number of amides is 3. The van der Waals surface area contributed by atoms with Crippen LogP contribution in [-0.2, 0) is 5.41 Å². The zero-order valence-corrected chi connectivity index (χ0v) is 20.3. The standard InChI is InChI=1S/C25H28ClN5O3/c1-14-20(23(33)27-4)30-31(16-8-6-5-7-9-16)22(14)29-24(34)28-21-17-12-15(26)10-11-18(17)25(2,3)13-19(21)32/h5-12,19,21,32H,13H2,1-4H3,(H,27,33)(H2,28,29,34)/t19-,21?/m1/s1. The van der Waals surface area contributed by atoms with E-state index in [1.807, 2.05) is 42.5 Å². The molecule has 34 heavy (non-hydrogen) atoms. The molecule has 1 aliphatic rings. The molecule has 1 unspecified atom stereocenters. The molecule has 178 valence electrons. The van der Waals surface area contributed by atoms with Crippen molar-refractivity contribution in [3.63, 3.8) is 0 Å². The normalized spacial score (nSPS) is 18.6. The van der Waals surface area contributed by atoms with E-state index in [1.165, 1.54) is 11.7 Å². The van der Waals surface area contributed by atoms with Crippen LogP contribution in [0.1, 0.15) is 53.5 Å². The third-order valence-electron chi connectivity index (χ3n) is 6.27. The summed E-state index contributed by atoms with van der Waals surface area (Å²) in [6.07, 6.45) is -0.317. The van der Waals surface area contributed by atoms with Crippen molar-refractivity contribution in [2.45, 2.75) is 44.8 Å². The van der Waals surface area contributed by atoms with Crippen LogP contribution in [0, 0.1) is 6.92 Å². The zero-order valence-electron chi connectivity index (χ0n) is 19.5. The van der Waals surface area contributed by atoms with E-state index in [2.05, 4.69) is 34.9 Å². The maximum Gasteiger partial charge on any atom is 0.320 e. The van der Waals surface area contributed by atoms with Crippen LogP contribution in [0.3, 0.4) is 0 Å². The summed E-state index contributed by atoms with van der Waals surface area (Å²) in [7, 11) is 1.53. The molecule has 1 heterocycles. The van der Waals surface area contributed by atoms with Gasteiger partial charge in [-0.15, -0.1) is 0 Å². The van der Waals surface area contributed by atoms with E-state index < -0.39 is 18.2 Å². The quantitative estimate of drug-likeness (QED) is 0.450. The number of nitrogens with zero attached hydrogens (tertiary/aromatic N) is 2. The lowest BCUT2D eigenvalue weighted by Crippen LogP contribution is -2.45. The number of nitrogens with one attached hydrogen (secondary N) is 3. The number of aromatic nitrogens is 2. The van der Waals surface area contributed by atoms with E-state index in [-0.39, 0.29) is 17.0 Å². The summed E-state index contributed by atoms with van der Waals surface area (Å²) in [5, 5.41) is 24.2. The van der Waals surface area contributed by atoms with Crippen LogP contribution >= 0.6 is 11.6 Å². The first-order valence-corrected chi connectivity index (χ1v) is 11.4. The number of hydrogen-bond acceptors (Lipinski definition) is 4. The first kappa shape index (κ1) is 23.8. The molecule has 4 rings (SSSR count). The number of benzene rings is 2. The van der Waals surface area contributed by atoms with E-state index in [9.17, 15) is 14.7 Å². The molecule has 8 nitrogen and oxygen atoms in total. The Bertz CT molecular complexity index is 1240. The molecule has 0 radical (unpaired) electrons. The molecule has 2 aromatic carbocycles. The fourth-order valence-corrected chi connectivity index (χ4v) is 4.74. The van der Waals surface area contributed by atoms with Gasteiger partial charge in [0.05, 0.1) is 17.8 Å². The number of aliphatic hydroxyl groups excluding tert-OH is 1. The second-order valence-corrected chi connectivity index (χ2v) is 9.55. The molecule has 4 N–H and O–H groups in total. The number of aliphatic hydroxyl groups is 1. The summed E-state index contributed by atoms with van der Waals surface area (Å²) in [4.78, 5) is 25.5. The second-order valence-electron chi connectivity index (χ2n) is 9.11. The minimum absolute atomic E-state index is 0.207. The summed E-state index contributed by atoms with van der Waals surface area (Å²) in [5.41, 5.74) is 2.96. The Morgan fingerprint density at radius 1 is 1.18 bits per heavy atom. The van der Waals surface area contributed by atoms with Gasteiger partial charge < -0.3 is 15.7 Å². The first-order valence-electron chi connectivity index (χ1n) is 11.0. The molecular formula is C25H28ClN5O3. The van der Waals surface area contributed by atoms with Gasteiger partial charge in [0, 0.05) is 17.6 Å². The first-order chi connectivity index (χ1) is 16.1. The highest BCUT2D eigenvalue weighted by atomic mass is 35.5. The van der Waals surface area contributed by atoms with Crippen molar-refractivity contribution in [3.8, 4) is 5.69 Å². The monoisotopic (exact) mass is 481 g/mol. The number of anilines is 1. The highest BCUT2D eigenvalue weighted by Gasteiger charge is 2.39. The molecule has 3 aromatic rings. The van der Waals surface area contributed by atoms with E-state index in [4.69, 9.17) is 11.6 Å². The average molecular weight is 482 g/mol. The van der Waals surface area contributed by atoms with Crippen LogP contribution in [0.25, 0.3) is 5.69 Å². The lowest BCUT2D eigenvalue weighted by molar-refractivity contribution is 0.0883. The number of urea groups is 1. The topological polar surface area (TPSA) is 108 Å². The molecule has 0 bridgehead atoms. The number of carbonyl (C=O) groups excluding carboxylic acids is 2. The van der Waals surface area contributed by atoms with E-state index >= 15 is 0 Å². The van der Waals surface area contributed by atoms with Crippen LogP contribution in [-0.4, -0.2) is 40.0 Å². The van der Waals surface area contributed by atoms with Gasteiger partial charge in [-0.2, -0.15) is 5.10 Å². The van der Waals surface area contributed by atoms with Gasteiger partial charge in [0.2, 0.25) is 0 Å². The van der Waals surface area contributed by atoms with Crippen molar-refractivity contribution >= 4 is 29.4 Å². The lowest BCUT2D eigenvalue weighted by atomic mass is 9.69. The van der Waals surface area contributed by atoms with Crippen molar-refractivity contribution in [1.29, 1.82) is 0 Å². The Morgan fingerprint density at radius 2 is 1.88 bits per heavy atom. The third kappa shape index (κ3) is 4.38. The molecule has 2 atom stereocenters. The molecule has 1 aromatic heterocycles. The lowest BCUT2D eigenvalue weighted by Gasteiger charge is -2.40. The predicted octanol–water partition coefficient (Wildman–Crippen LogP) is 4.10. The van der Waals surface area contributed by atoms with Crippen molar-refractivity contribution in [1.82, 2.24) is 20.4 Å². The molecule has 0 aliphatic heterocycles. The second kappa shape index (κ2) is 9.12. The summed E-state index contributed by atoms with van der Waals surface area (Å²) in [5.74, 6) is 0.00314. The fraction of sp³-hybridized carbons (Fsp3) is 0.320. The average Bonchev–Trinajstić information content (AvgIpc) is 3.12. The van der Waals surface area contributed by atoms with Crippen LogP contribution in [0.15, 0.2) is 48.5 Å². The Balaban J connectivity index is 1.67. The van der Waals surface area contributed by atoms with Gasteiger partial charge in [0.15, 0.2) is 5.69 Å². The number of para-hydroxylation sites is 1.